The zero-order chi connectivity index (χ0) is 8.97. The van der Waals surface area contributed by atoms with Gasteiger partial charge in [-0.2, -0.15) is 0 Å². The number of carbonyl (C=O) groups excluding carboxylic acids is 1. The first kappa shape index (κ1) is 9.48. The number of nitrogens with one attached hydrogen (secondary N) is 2. The summed E-state index contributed by atoms with van der Waals surface area (Å²) in [5, 5.41) is 5.92. The predicted molar refractivity (Wildman–Crippen MR) is 45.9 cm³/mol. The molecule has 70 valence electrons. The molecule has 0 aromatic heterocycles. The molecule has 1 aliphatic rings. The van der Waals surface area contributed by atoms with Crippen LogP contribution in [0.5, 0.6) is 0 Å². The zero-order valence-electron chi connectivity index (χ0n) is 7.59. The summed E-state index contributed by atoms with van der Waals surface area (Å²) in [6.45, 7) is 5.77. The summed E-state index contributed by atoms with van der Waals surface area (Å²) < 4.78 is 5.14. The molecule has 1 rings (SSSR count). The van der Waals surface area contributed by atoms with Crippen molar-refractivity contribution < 1.29 is 9.53 Å². The molecule has 0 bridgehead atoms. The molecule has 0 atom stereocenters. The molecule has 2 N–H and O–H groups in total. The molecule has 12 heavy (non-hydrogen) atoms. The lowest BCUT2D eigenvalue weighted by Crippen LogP contribution is -2.57. The standard InChI is InChI=1S/C8H16N2O2/c1-6(2)12-5-8(11)10-7-3-9-4-7/h6-7,9H,3-5H2,1-2H3,(H,10,11). The van der Waals surface area contributed by atoms with Crippen molar-refractivity contribution in [3.8, 4) is 0 Å². The van der Waals surface area contributed by atoms with Gasteiger partial charge in [0.1, 0.15) is 6.61 Å². The maximum absolute atomic E-state index is 11.1. The number of hydrogen-bond acceptors (Lipinski definition) is 3. The van der Waals surface area contributed by atoms with Crippen LogP contribution in [-0.2, 0) is 9.53 Å². The highest BCUT2D eigenvalue weighted by Gasteiger charge is 2.18. The van der Waals surface area contributed by atoms with Gasteiger partial charge >= 0.3 is 0 Å². The molecule has 0 spiro atoms. The van der Waals surface area contributed by atoms with Gasteiger partial charge < -0.3 is 15.4 Å². The number of rotatable bonds is 4. The molecular formula is C8H16N2O2. The fourth-order valence-corrected chi connectivity index (χ4v) is 0.902. The molecule has 1 saturated heterocycles. The number of carbonyl (C=O) groups is 1. The zero-order valence-corrected chi connectivity index (χ0v) is 7.59. The van der Waals surface area contributed by atoms with E-state index in [0.29, 0.717) is 6.04 Å². The van der Waals surface area contributed by atoms with E-state index in [1.165, 1.54) is 0 Å². The highest BCUT2D eigenvalue weighted by molar-refractivity contribution is 5.77. The molecule has 0 radical (unpaired) electrons. The van der Waals surface area contributed by atoms with Crippen LogP contribution < -0.4 is 10.6 Å². The van der Waals surface area contributed by atoms with Crippen LogP contribution in [0.15, 0.2) is 0 Å². The first-order chi connectivity index (χ1) is 5.68. The lowest BCUT2D eigenvalue weighted by molar-refractivity contribution is -0.128. The van der Waals surface area contributed by atoms with Crippen molar-refractivity contribution in [2.24, 2.45) is 0 Å². The highest BCUT2D eigenvalue weighted by atomic mass is 16.5. The van der Waals surface area contributed by atoms with Crippen molar-refractivity contribution >= 4 is 5.91 Å². The Morgan fingerprint density at radius 2 is 2.33 bits per heavy atom. The van der Waals surface area contributed by atoms with Gasteiger partial charge in [-0.05, 0) is 13.8 Å². The second-order valence-electron chi connectivity index (χ2n) is 3.28. The molecule has 4 nitrogen and oxygen atoms in total. The molecule has 4 heteroatoms. The van der Waals surface area contributed by atoms with Crippen LogP contribution in [0.3, 0.4) is 0 Å². The van der Waals surface area contributed by atoms with Crippen molar-refractivity contribution in [2.75, 3.05) is 19.7 Å². The summed E-state index contributed by atoms with van der Waals surface area (Å²) in [5.74, 6) is -0.0183. The summed E-state index contributed by atoms with van der Waals surface area (Å²) in [5.41, 5.74) is 0. The van der Waals surface area contributed by atoms with Crippen LogP contribution in [0, 0.1) is 0 Å². The van der Waals surface area contributed by atoms with E-state index in [4.69, 9.17) is 4.74 Å². The summed E-state index contributed by atoms with van der Waals surface area (Å²) in [4.78, 5) is 11.1. The van der Waals surface area contributed by atoms with Crippen molar-refractivity contribution in [3.05, 3.63) is 0 Å². The molecule has 1 amide bonds. The Morgan fingerprint density at radius 3 is 2.75 bits per heavy atom. The average molecular weight is 172 g/mol. The molecule has 0 saturated carbocycles. The van der Waals surface area contributed by atoms with Gasteiger partial charge in [0, 0.05) is 13.1 Å². The lowest BCUT2D eigenvalue weighted by Gasteiger charge is -2.27. The Hall–Kier alpha value is -0.610. The first-order valence-electron chi connectivity index (χ1n) is 4.30. The van der Waals surface area contributed by atoms with Crippen LogP contribution in [0.2, 0.25) is 0 Å². The van der Waals surface area contributed by atoms with E-state index >= 15 is 0 Å². The van der Waals surface area contributed by atoms with E-state index < -0.39 is 0 Å². The summed E-state index contributed by atoms with van der Waals surface area (Å²) in [6, 6.07) is 0.313. The van der Waals surface area contributed by atoms with Crippen LogP contribution in [0.25, 0.3) is 0 Å². The molecule has 0 unspecified atom stereocenters. The van der Waals surface area contributed by atoms with Crippen molar-refractivity contribution in [2.45, 2.75) is 26.0 Å². The maximum Gasteiger partial charge on any atom is 0.246 e. The third kappa shape index (κ3) is 3.19. The predicted octanol–water partition coefficient (Wildman–Crippen LogP) is -0.501. The van der Waals surface area contributed by atoms with Gasteiger partial charge in [0.25, 0.3) is 0 Å². The van der Waals surface area contributed by atoms with Crippen LogP contribution >= 0.6 is 0 Å². The minimum absolute atomic E-state index is 0.0183. The quantitative estimate of drug-likeness (QED) is 0.601. The van der Waals surface area contributed by atoms with Gasteiger partial charge in [-0.15, -0.1) is 0 Å². The van der Waals surface area contributed by atoms with Crippen molar-refractivity contribution in [1.29, 1.82) is 0 Å². The largest absolute Gasteiger partial charge is 0.369 e. The molecule has 0 aliphatic carbocycles. The Bertz CT molecular complexity index is 155. The smallest absolute Gasteiger partial charge is 0.246 e. The van der Waals surface area contributed by atoms with E-state index in [9.17, 15) is 4.79 Å². The average Bonchev–Trinajstić information content (AvgIpc) is 1.93. The van der Waals surface area contributed by atoms with E-state index in [-0.39, 0.29) is 18.6 Å². The normalized spacial score (nSPS) is 17.6. The minimum atomic E-state index is -0.0183. The van der Waals surface area contributed by atoms with Gasteiger partial charge in [-0.1, -0.05) is 0 Å². The topological polar surface area (TPSA) is 50.4 Å². The summed E-state index contributed by atoms with van der Waals surface area (Å²) >= 11 is 0. The van der Waals surface area contributed by atoms with Crippen LogP contribution in [0.4, 0.5) is 0 Å². The second kappa shape index (κ2) is 4.42. The van der Waals surface area contributed by atoms with Gasteiger partial charge in [0.15, 0.2) is 0 Å². The summed E-state index contributed by atoms with van der Waals surface area (Å²) in [6.07, 6.45) is 0.121. The number of amides is 1. The minimum Gasteiger partial charge on any atom is -0.369 e. The molecule has 0 aromatic carbocycles. The third-order valence-corrected chi connectivity index (χ3v) is 1.69. The molecule has 1 heterocycles. The number of ether oxygens (including phenoxy) is 1. The fraction of sp³-hybridized carbons (Fsp3) is 0.875. The van der Waals surface area contributed by atoms with E-state index in [1.54, 1.807) is 0 Å². The lowest BCUT2D eigenvalue weighted by atomic mass is 10.2. The summed E-state index contributed by atoms with van der Waals surface area (Å²) in [7, 11) is 0. The van der Waals surface area contributed by atoms with E-state index in [2.05, 4.69) is 10.6 Å². The van der Waals surface area contributed by atoms with Crippen molar-refractivity contribution in [1.82, 2.24) is 10.6 Å². The van der Waals surface area contributed by atoms with Crippen LogP contribution in [-0.4, -0.2) is 37.7 Å². The van der Waals surface area contributed by atoms with Gasteiger partial charge in [0.2, 0.25) is 5.91 Å². The molecule has 1 fully saturated rings. The van der Waals surface area contributed by atoms with Gasteiger partial charge in [0.05, 0.1) is 12.1 Å². The van der Waals surface area contributed by atoms with E-state index in [1.807, 2.05) is 13.8 Å². The fourth-order valence-electron chi connectivity index (χ4n) is 0.902. The molecular weight excluding hydrogens is 156 g/mol. The number of hydrogen-bond donors (Lipinski definition) is 2. The van der Waals surface area contributed by atoms with Crippen LogP contribution in [0.1, 0.15) is 13.8 Å². The highest BCUT2D eigenvalue weighted by Crippen LogP contribution is 1.91. The first-order valence-corrected chi connectivity index (χ1v) is 4.30. The van der Waals surface area contributed by atoms with Gasteiger partial charge in [-0.3, -0.25) is 4.79 Å². The Balaban J connectivity index is 2.03. The maximum atomic E-state index is 11.1. The Morgan fingerprint density at radius 1 is 1.67 bits per heavy atom. The van der Waals surface area contributed by atoms with Gasteiger partial charge in [-0.25, -0.2) is 0 Å². The van der Waals surface area contributed by atoms with E-state index in [0.717, 1.165) is 13.1 Å². The third-order valence-electron chi connectivity index (χ3n) is 1.69. The molecule has 0 aromatic rings. The Labute approximate surface area is 72.7 Å². The second-order valence-corrected chi connectivity index (χ2v) is 3.28. The Kier molecular flexibility index (Phi) is 3.49. The van der Waals surface area contributed by atoms with Crippen molar-refractivity contribution in [3.63, 3.8) is 0 Å². The monoisotopic (exact) mass is 172 g/mol. The SMILES string of the molecule is CC(C)OCC(=O)NC1CNC1. The molecule has 1 aliphatic heterocycles.